The SMILES string of the molecule is Cn1nccc1-c1sc(C(N)=O)c(C(CN)c2cccc3ccccc23)c1Br. The maximum atomic E-state index is 12.3. The molecule has 0 aliphatic heterocycles. The molecule has 5 nitrogen and oxygen atoms in total. The summed E-state index contributed by atoms with van der Waals surface area (Å²) in [5.74, 6) is -0.617. The maximum absolute atomic E-state index is 12.3. The van der Waals surface area contributed by atoms with Crippen molar-refractivity contribution in [2.75, 3.05) is 6.54 Å². The summed E-state index contributed by atoms with van der Waals surface area (Å²) in [5, 5.41) is 6.50. The molecule has 1 unspecified atom stereocenters. The molecule has 0 aliphatic rings. The molecular formula is C21H19BrN4OS. The van der Waals surface area contributed by atoms with E-state index in [1.54, 1.807) is 10.9 Å². The minimum absolute atomic E-state index is 0.166. The molecule has 0 saturated carbocycles. The van der Waals surface area contributed by atoms with Crippen LogP contribution in [0.1, 0.15) is 26.7 Å². The molecule has 4 rings (SSSR count). The average Bonchev–Trinajstić information content (AvgIpc) is 3.26. The number of amides is 1. The smallest absolute Gasteiger partial charge is 0.259 e. The highest BCUT2D eigenvalue weighted by Crippen LogP contribution is 2.45. The number of thiophene rings is 1. The maximum Gasteiger partial charge on any atom is 0.259 e. The third-order valence-electron chi connectivity index (χ3n) is 4.94. The van der Waals surface area contributed by atoms with Crippen LogP contribution in [-0.4, -0.2) is 22.2 Å². The van der Waals surface area contributed by atoms with Crippen molar-refractivity contribution in [2.24, 2.45) is 18.5 Å². The fourth-order valence-corrected chi connectivity index (χ4v) is 5.85. The predicted octanol–water partition coefficient (Wildman–Crippen LogP) is 4.25. The van der Waals surface area contributed by atoms with Crippen molar-refractivity contribution in [3.63, 3.8) is 0 Å². The van der Waals surface area contributed by atoms with Crippen LogP contribution in [0, 0.1) is 0 Å². The minimum Gasteiger partial charge on any atom is -0.365 e. The lowest BCUT2D eigenvalue weighted by Gasteiger charge is -2.19. The van der Waals surface area contributed by atoms with Crippen LogP contribution in [0.25, 0.3) is 21.3 Å². The van der Waals surface area contributed by atoms with Gasteiger partial charge in [-0.05, 0) is 43.9 Å². The number of hydrogen-bond acceptors (Lipinski definition) is 4. The molecule has 28 heavy (non-hydrogen) atoms. The van der Waals surface area contributed by atoms with Gasteiger partial charge in [-0.25, -0.2) is 0 Å². The van der Waals surface area contributed by atoms with E-state index in [-0.39, 0.29) is 5.92 Å². The molecule has 4 N–H and O–H groups in total. The summed E-state index contributed by atoms with van der Waals surface area (Å²) in [7, 11) is 1.87. The zero-order valence-corrected chi connectivity index (χ0v) is 17.6. The van der Waals surface area contributed by atoms with Gasteiger partial charge in [-0.1, -0.05) is 42.5 Å². The molecule has 0 spiro atoms. The lowest BCUT2D eigenvalue weighted by atomic mass is 9.87. The first-order valence-corrected chi connectivity index (χ1v) is 10.4. The Balaban J connectivity index is 1.97. The number of nitrogens with zero attached hydrogens (tertiary/aromatic N) is 2. The van der Waals surface area contributed by atoms with Gasteiger partial charge in [-0.2, -0.15) is 5.10 Å². The molecule has 0 bridgehead atoms. The molecule has 2 aromatic heterocycles. The lowest BCUT2D eigenvalue weighted by molar-refractivity contribution is 0.100. The molecule has 142 valence electrons. The largest absolute Gasteiger partial charge is 0.365 e. The van der Waals surface area contributed by atoms with E-state index in [0.29, 0.717) is 11.4 Å². The second-order valence-electron chi connectivity index (χ2n) is 6.55. The van der Waals surface area contributed by atoms with Crippen molar-refractivity contribution in [1.82, 2.24) is 9.78 Å². The van der Waals surface area contributed by atoms with Gasteiger partial charge >= 0.3 is 0 Å². The van der Waals surface area contributed by atoms with Crippen LogP contribution in [-0.2, 0) is 7.05 Å². The highest BCUT2D eigenvalue weighted by atomic mass is 79.9. The highest BCUT2D eigenvalue weighted by molar-refractivity contribution is 9.10. The van der Waals surface area contributed by atoms with E-state index in [4.69, 9.17) is 11.5 Å². The minimum atomic E-state index is -0.451. The fourth-order valence-electron chi connectivity index (χ4n) is 3.63. The first kappa shape index (κ1) is 18.9. The Morgan fingerprint density at radius 3 is 2.64 bits per heavy atom. The normalized spacial score (nSPS) is 12.4. The van der Waals surface area contributed by atoms with E-state index in [0.717, 1.165) is 36.9 Å². The van der Waals surface area contributed by atoms with E-state index in [1.807, 2.05) is 31.3 Å². The summed E-state index contributed by atoms with van der Waals surface area (Å²) in [5.41, 5.74) is 14.8. The molecule has 7 heteroatoms. The Labute approximate surface area is 175 Å². The van der Waals surface area contributed by atoms with Crippen LogP contribution in [0.4, 0.5) is 0 Å². The molecule has 0 aliphatic carbocycles. The highest BCUT2D eigenvalue weighted by Gasteiger charge is 2.29. The molecule has 1 amide bonds. The number of fused-ring (bicyclic) bond motifs is 1. The number of benzene rings is 2. The van der Waals surface area contributed by atoms with E-state index in [2.05, 4.69) is 45.3 Å². The summed E-state index contributed by atoms with van der Waals surface area (Å²) in [4.78, 5) is 13.7. The Morgan fingerprint density at radius 1 is 1.21 bits per heavy atom. The van der Waals surface area contributed by atoms with Crippen LogP contribution in [0.5, 0.6) is 0 Å². The number of carbonyl (C=O) groups is 1. The topological polar surface area (TPSA) is 86.9 Å². The number of hydrogen-bond donors (Lipinski definition) is 2. The molecule has 0 radical (unpaired) electrons. The Kier molecular flexibility index (Phi) is 5.05. The number of rotatable bonds is 5. The summed E-state index contributed by atoms with van der Waals surface area (Å²) in [6.07, 6.45) is 1.73. The third kappa shape index (κ3) is 3.05. The van der Waals surface area contributed by atoms with Crippen molar-refractivity contribution < 1.29 is 4.79 Å². The van der Waals surface area contributed by atoms with Crippen LogP contribution in [0.3, 0.4) is 0 Å². The quantitative estimate of drug-likeness (QED) is 0.472. The van der Waals surface area contributed by atoms with Gasteiger partial charge in [-0.3, -0.25) is 9.48 Å². The van der Waals surface area contributed by atoms with Gasteiger partial charge in [0.2, 0.25) is 0 Å². The number of primary amides is 1. The average molecular weight is 455 g/mol. The Hall–Kier alpha value is -2.48. The summed E-state index contributed by atoms with van der Waals surface area (Å²) in [6.45, 7) is 0.356. The fraction of sp³-hybridized carbons (Fsp3) is 0.143. The van der Waals surface area contributed by atoms with Crippen molar-refractivity contribution >= 4 is 43.9 Å². The first-order valence-electron chi connectivity index (χ1n) is 8.81. The summed E-state index contributed by atoms with van der Waals surface area (Å²) >= 11 is 5.11. The van der Waals surface area contributed by atoms with Gasteiger partial charge in [-0.15, -0.1) is 11.3 Å². The van der Waals surface area contributed by atoms with E-state index in [9.17, 15) is 4.79 Å². The van der Waals surface area contributed by atoms with Crippen molar-refractivity contribution in [1.29, 1.82) is 0 Å². The van der Waals surface area contributed by atoms with Crippen LogP contribution in [0.15, 0.2) is 59.2 Å². The van der Waals surface area contributed by atoms with Crippen molar-refractivity contribution in [3.8, 4) is 10.6 Å². The van der Waals surface area contributed by atoms with Crippen LogP contribution in [0.2, 0.25) is 0 Å². The zero-order valence-electron chi connectivity index (χ0n) is 15.2. The van der Waals surface area contributed by atoms with Crippen LogP contribution >= 0.6 is 27.3 Å². The van der Waals surface area contributed by atoms with Gasteiger partial charge in [0.15, 0.2) is 0 Å². The first-order chi connectivity index (χ1) is 13.5. The molecule has 1 atom stereocenters. The Bertz CT molecular complexity index is 1180. The Morgan fingerprint density at radius 2 is 1.96 bits per heavy atom. The molecule has 2 heterocycles. The standard InChI is InChI=1S/C21H19BrN4OS/c1-26-16(9-10-25-26)19-18(22)17(20(28-19)21(24)27)15(11-23)14-8-4-6-12-5-2-3-7-13(12)14/h2-10,15H,11,23H2,1H3,(H2,24,27). The van der Waals surface area contributed by atoms with Gasteiger partial charge in [0, 0.05) is 30.2 Å². The van der Waals surface area contributed by atoms with Gasteiger partial charge in [0.05, 0.1) is 15.4 Å². The zero-order chi connectivity index (χ0) is 19.8. The van der Waals surface area contributed by atoms with Gasteiger partial charge < -0.3 is 11.5 Å². The number of halogens is 1. The van der Waals surface area contributed by atoms with Gasteiger partial charge in [0.1, 0.15) is 0 Å². The van der Waals surface area contributed by atoms with E-state index in [1.165, 1.54) is 11.3 Å². The molecule has 0 fully saturated rings. The molecule has 4 aromatic rings. The number of carbonyl (C=O) groups excluding carboxylic acids is 1. The molecule has 0 saturated heterocycles. The molecule has 2 aromatic carbocycles. The molecular weight excluding hydrogens is 436 g/mol. The van der Waals surface area contributed by atoms with Gasteiger partial charge in [0.25, 0.3) is 5.91 Å². The van der Waals surface area contributed by atoms with E-state index >= 15 is 0 Å². The third-order valence-corrected chi connectivity index (χ3v) is 7.27. The number of aromatic nitrogens is 2. The second kappa shape index (κ2) is 7.50. The summed E-state index contributed by atoms with van der Waals surface area (Å²) < 4.78 is 2.62. The van der Waals surface area contributed by atoms with Crippen molar-refractivity contribution in [2.45, 2.75) is 5.92 Å². The van der Waals surface area contributed by atoms with Crippen molar-refractivity contribution in [3.05, 3.63) is 75.2 Å². The van der Waals surface area contributed by atoms with Crippen LogP contribution < -0.4 is 11.5 Å². The predicted molar refractivity (Wildman–Crippen MR) is 118 cm³/mol. The number of nitrogens with two attached hydrogens (primary N) is 2. The number of aryl methyl sites for hydroxylation is 1. The summed E-state index contributed by atoms with van der Waals surface area (Å²) in [6, 6.07) is 16.3. The second-order valence-corrected chi connectivity index (χ2v) is 8.36. The lowest BCUT2D eigenvalue weighted by Crippen LogP contribution is -2.19. The van der Waals surface area contributed by atoms with E-state index < -0.39 is 5.91 Å². The monoisotopic (exact) mass is 454 g/mol.